The molecule has 3 heteroatoms. The molecule has 0 aliphatic carbocycles. The molecule has 0 fully saturated rings. The van der Waals surface area contributed by atoms with Gasteiger partial charge in [0.1, 0.15) is 0 Å². The molecule has 1 rings (SSSR count). The molecule has 2 atom stereocenters. The van der Waals surface area contributed by atoms with Crippen molar-refractivity contribution in [3.05, 3.63) is 35.9 Å². The minimum absolute atomic E-state index is 0.116. The fourth-order valence-electron chi connectivity index (χ4n) is 2.71. The standard InChI is InChI=1S/C18H30N2O/c1-4-17(16-8-6-5-7-9-16)20-18(21)11-10-15(12-13-19)14(2)3/h5-9,14-15,17H,4,10-13,19H2,1-3H3,(H,20,21). The maximum atomic E-state index is 12.2. The lowest BCUT2D eigenvalue weighted by Gasteiger charge is -2.21. The summed E-state index contributed by atoms with van der Waals surface area (Å²) in [5, 5.41) is 3.15. The number of carbonyl (C=O) groups is 1. The molecule has 1 amide bonds. The SMILES string of the molecule is CCC(NC(=O)CCC(CCN)C(C)C)c1ccccc1. The van der Waals surface area contributed by atoms with Gasteiger partial charge in [0.2, 0.25) is 5.91 Å². The molecule has 21 heavy (non-hydrogen) atoms. The molecule has 0 aliphatic rings. The van der Waals surface area contributed by atoms with Gasteiger partial charge in [0, 0.05) is 6.42 Å². The zero-order valence-corrected chi connectivity index (χ0v) is 13.6. The minimum Gasteiger partial charge on any atom is -0.349 e. The van der Waals surface area contributed by atoms with E-state index in [1.807, 2.05) is 18.2 Å². The number of hydrogen-bond acceptors (Lipinski definition) is 2. The summed E-state index contributed by atoms with van der Waals surface area (Å²) < 4.78 is 0. The normalized spacial score (nSPS) is 14.0. The van der Waals surface area contributed by atoms with Crippen LogP contribution in [-0.2, 0) is 4.79 Å². The van der Waals surface area contributed by atoms with E-state index in [1.165, 1.54) is 5.56 Å². The minimum atomic E-state index is 0.116. The monoisotopic (exact) mass is 290 g/mol. The van der Waals surface area contributed by atoms with Crippen LogP contribution in [0.2, 0.25) is 0 Å². The summed E-state index contributed by atoms with van der Waals surface area (Å²) >= 11 is 0. The number of amides is 1. The first-order chi connectivity index (χ1) is 10.1. The van der Waals surface area contributed by atoms with Gasteiger partial charge in [-0.25, -0.2) is 0 Å². The Labute approximate surface area is 129 Å². The molecule has 0 radical (unpaired) electrons. The molecule has 0 saturated heterocycles. The third kappa shape index (κ3) is 6.30. The quantitative estimate of drug-likeness (QED) is 0.729. The van der Waals surface area contributed by atoms with Gasteiger partial charge >= 0.3 is 0 Å². The number of hydrogen-bond donors (Lipinski definition) is 2. The van der Waals surface area contributed by atoms with Crippen molar-refractivity contribution in [3.63, 3.8) is 0 Å². The third-order valence-corrected chi connectivity index (χ3v) is 4.17. The molecule has 0 heterocycles. The van der Waals surface area contributed by atoms with Crippen molar-refractivity contribution in [1.82, 2.24) is 5.32 Å². The molecule has 1 aromatic rings. The van der Waals surface area contributed by atoms with Crippen LogP contribution in [0.15, 0.2) is 30.3 Å². The zero-order valence-electron chi connectivity index (χ0n) is 13.6. The molecular weight excluding hydrogens is 260 g/mol. The first-order valence-corrected chi connectivity index (χ1v) is 8.12. The van der Waals surface area contributed by atoms with Crippen LogP contribution in [-0.4, -0.2) is 12.5 Å². The summed E-state index contributed by atoms with van der Waals surface area (Å²) in [7, 11) is 0. The Hall–Kier alpha value is -1.35. The van der Waals surface area contributed by atoms with Gasteiger partial charge in [-0.2, -0.15) is 0 Å². The molecule has 0 bridgehead atoms. The van der Waals surface area contributed by atoms with E-state index in [1.54, 1.807) is 0 Å². The number of nitrogens with two attached hydrogens (primary N) is 1. The lowest BCUT2D eigenvalue weighted by Crippen LogP contribution is -2.29. The van der Waals surface area contributed by atoms with Gasteiger partial charge in [0.15, 0.2) is 0 Å². The third-order valence-electron chi connectivity index (χ3n) is 4.17. The van der Waals surface area contributed by atoms with Crippen LogP contribution >= 0.6 is 0 Å². The first-order valence-electron chi connectivity index (χ1n) is 8.12. The summed E-state index contributed by atoms with van der Waals surface area (Å²) in [6.07, 6.45) is 3.42. The average molecular weight is 290 g/mol. The summed E-state index contributed by atoms with van der Waals surface area (Å²) in [6, 6.07) is 10.3. The molecule has 1 aromatic carbocycles. The zero-order chi connectivity index (χ0) is 15.7. The Morgan fingerprint density at radius 2 is 1.86 bits per heavy atom. The molecule has 0 aromatic heterocycles. The second kappa shape index (κ2) is 9.56. The highest BCUT2D eigenvalue weighted by Gasteiger charge is 2.16. The van der Waals surface area contributed by atoms with Gasteiger partial charge in [-0.3, -0.25) is 4.79 Å². The number of nitrogens with one attached hydrogen (secondary N) is 1. The van der Waals surface area contributed by atoms with Crippen molar-refractivity contribution in [1.29, 1.82) is 0 Å². The Kier molecular flexibility index (Phi) is 8.06. The van der Waals surface area contributed by atoms with Crippen molar-refractivity contribution in [2.24, 2.45) is 17.6 Å². The molecule has 0 saturated carbocycles. The van der Waals surface area contributed by atoms with E-state index in [-0.39, 0.29) is 11.9 Å². The van der Waals surface area contributed by atoms with Gasteiger partial charge in [-0.05, 0) is 43.2 Å². The van der Waals surface area contributed by atoms with Crippen LogP contribution in [0.25, 0.3) is 0 Å². The molecule has 3 N–H and O–H groups in total. The lowest BCUT2D eigenvalue weighted by atomic mass is 9.88. The van der Waals surface area contributed by atoms with Crippen molar-refractivity contribution in [2.45, 2.75) is 52.5 Å². The molecule has 2 unspecified atom stereocenters. The maximum Gasteiger partial charge on any atom is 0.220 e. The summed E-state index contributed by atoms with van der Waals surface area (Å²) in [4.78, 5) is 12.2. The topological polar surface area (TPSA) is 55.1 Å². The molecule has 3 nitrogen and oxygen atoms in total. The van der Waals surface area contributed by atoms with Crippen LogP contribution < -0.4 is 11.1 Å². The fraction of sp³-hybridized carbons (Fsp3) is 0.611. The molecular formula is C18H30N2O. The van der Waals surface area contributed by atoms with E-state index in [4.69, 9.17) is 5.73 Å². The Balaban J connectivity index is 2.48. The van der Waals surface area contributed by atoms with E-state index < -0.39 is 0 Å². The fourth-order valence-corrected chi connectivity index (χ4v) is 2.71. The highest BCUT2D eigenvalue weighted by Crippen LogP contribution is 2.21. The first kappa shape index (κ1) is 17.7. The predicted octanol–water partition coefficient (Wildman–Crippen LogP) is 3.66. The molecule has 0 spiro atoms. The Morgan fingerprint density at radius 3 is 2.38 bits per heavy atom. The van der Waals surface area contributed by atoms with E-state index in [2.05, 4.69) is 38.2 Å². The lowest BCUT2D eigenvalue weighted by molar-refractivity contribution is -0.122. The van der Waals surface area contributed by atoms with Crippen LogP contribution in [0, 0.1) is 11.8 Å². The summed E-state index contributed by atoms with van der Waals surface area (Å²) in [5.74, 6) is 1.27. The van der Waals surface area contributed by atoms with Gasteiger partial charge in [-0.15, -0.1) is 0 Å². The highest BCUT2D eigenvalue weighted by molar-refractivity contribution is 5.76. The average Bonchev–Trinajstić information content (AvgIpc) is 2.49. The second-order valence-corrected chi connectivity index (χ2v) is 6.06. The van der Waals surface area contributed by atoms with Gasteiger partial charge in [0.25, 0.3) is 0 Å². The molecule has 118 valence electrons. The predicted molar refractivity (Wildman–Crippen MR) is 88.9 cm³/mol. The van der Waals surface area contributed by atoms with E-state index >= 15 is 0 Å². The maximum absolute atomic E-state index is 12.2. The van der Waals surface area contributed by atoms with Gasteiger partial charge < -0.3 is 11.1 Å². The van der Waals surface area contributed by atoms with E-state index in [0.29, 0.717) is 24.8 Å². The number of carbonyl (C=O) groups excluding carboxylic acids is 1. The van der Waals surface area contributed by atoms with Gasteiger partial charge in [-0.1, -0.05) is 51.1 Å². The summed E-state index contributed by atoms with van der Waals surface area (Å²) in [6.45, 7) is 7.21. The second-order valence-electron chi connectivity index (χ2n) is 6.06. The van der Waals surface area contributed by atoms with Crippen molar-refractivity contribution in [2.75, 3.05) is 6.54 Å². The summed E-state index contributed by atoms with van der Waals surface area (Å²) in [5.41, 5.74) is 6.83. The van der Waals surface area contributed by atoms with Crippen LogP contribution in [0.5, 0.6) is 0 Å². The Morgan fingerprint density at radius 1 is 1.19 bits per heavy atom. The highest BCUT2D eigenvalue weighted by atomic mass is 16.1. The Bertz CT molecular complexity index is 403. The van der Waals surface area contributed by atoms with Crippen LogP contribution in [0.3, 0.4) is 0 Å². The number of benzene rings is 1. The van der Waals surface area contributed by atoms with E-state index in [0.717, 1.165) is 19.3 Å². The van der Waals surface area contributed by atoms with E-state index in [9.17, 15) is 4.79 Å². The molecule has 0 aliphatic heterocycles. The van der Waals surface area contributed by atoms with Gasteiger partial charge in [0.05, 0.1) is 6.04 Å². The largest absolute Gasteiger partial charge is 0.349 e. The van der Waals surface area contributed by atoms with Crippen molar-refractivity contribution < 1.29 is 4.79 Å². The van der Waals surface area contributed by atoms with Crippen molar-refractivity contribution >= 4 is 5.91 Å². The van der Waals surface area contributed by atoms with Crippen LogP contribution in [0.4, 0.5) is 0 Å². The van der Waals surface area contributed by atoms with Crippen molar-refractivity contribution in [3.8, 4) is 0 Å². The smallest absolute Gasteiger partial charge is 0.220 e. The van der Waals surface area contributed by atoms with Crippen LogP contribution in [0.1, 0.15) is 58.1 Å². The number of rotatable bonds is 9.